The molecule has 1 fully saturated rings. The fourth-order valence-corrected chi connectivity index (χ4v) is 4.32. The van der Waals surface area contributed by atoms with Crippen molar-refractivity contribution in [2.24, 2.45) is 11.1 Å². The van der Waals surface area contributed by atoms with Gasteiger partial charge in [-0.3, -0.25) is 0 Å². The monoisotopic (exact) mass is 332 g/mol. The molecular weight excluding hydrogens is 312 g/mol. The van der Waals surface area contributed by atoms with E-state index in [4.69, 9.17) is 5.14 Å². The van der Waals surface area contributed by atoms with Gasteiger partial charge in [0.1, 0.15) is 0 Å². The molecule has 8 heteroatoms. The van der Waals surface area contributed by atoms with Crippen LogP contribution in [-0.2, 0) is 20.0 Å². The summed E-state index contributed by atoms with van der Waals surface area (Å²) in [6.45, 7) is 0.391. The summed E-state index contributed by atoms with van der Waals surface area (Å²) in [7, 11) is -7.63. The van der Waals surface area contributed by atoms with Gasteiger partial charge in [0.25, 0.3) is 0 Å². The SMILES string of the molecule is NS(=O)(=O)c1cccc(S(=O)(=O)NCC2CCCCC2)c1. The normalized spacial score (nSPS) is 17.8. The third kappa shape index (κ3) is 4.50. The Morgan fingerprint density at radius 1 is 1.05 bits per heavy atom. The first-order valence-electron chi connectivity index (χ1n) is 6.91. The highest BCUT2D eigenvalue weighted by atomic mass is 32.2. The van der Waals surface area contributed by atoms with Gasteiger partial charge in [-0.1, -0.05) is 25.3 Å². The van der Waals surface area contributed by atoms with E-state index < -0.39 is 20.0 Å². The number of hydrogen-bond donors (Lipinski definition) is 2. The predicted molar refractivity (Wildman–Crippen MR) is 79.6 cm³/mol. The molecule has 1 saturated carbocycles. The van der Waals surface area contributed by atoms with E-state index in [1.807, 2.05) is 0 Å². The highest BCUT2D eigenvalue weighted by molar-refractivity contribution is 7.90. The Morgan fingerprint density at radius 3 is 2.29 bits per heavy atom. The van der Waals surface area contributed by atoms with Crippen LogP contribution in [0.2, 0.25) is 0 Å². The van der Waals surface area contributed by atoms with Crippen molar-refractivity contribution in [2.75, 3.05) is 6.54 Å². The Hall–Kier alpha value is -0.960. The van der Waals surface area contributed by atoms with Gasteiger partial charge in [0.2, 0.25) is 20.0 Å². The Bertz CT molecular complexity index is 693. The van der Waals surface area contributed by atoms with Gasteiger partial charge < -0.3 is 0 Å². The zero-order valence-electron chi connectivity index (χ0n) is 11.7. The lowest BCUT2D eigenvalue weighted by molar-refractivity contribution is 0.357. The molecule has 0 saturated heterocycles. The first kappa shape index (κ1) is 16.4. The highest BCUT2D eigenvalue weighted by Gasteiger charge is 2.20. The minimum Gasteiger partial charge on any atom is -0.225 e. The number of rotatable bonds is 5. The van der Waals surface area contributed by atoms with Crippen LogP contribution < -0.4 is 9.86 Å². The van der Waals surface area contributed by atoms with E-state index in [1.165, 1.54) is 24.6 Å². The van der Waals surface area contributed by atoms with Crippen molar-refractivity contribution in [2.45, 2.75) is 41.9 Å². The van der Waals surface area contributed by atoms with Crippen molar-refractivity contribution in [1.82, 2.24) is 4.72 Å². The van der Waals surface area contributed by atoms with Gasteiger partial charge in [-0.2, -0.15) is 0 Å². The van der Waals surface area contributed by atoms with Crippen LogP contribution in [0.1, 0.15) is 32.1 Å². The molecule has 6 nitrogen and oxygen atoms in total. The molecule has 0 bridgehead atoms. The number of hydrogen-bond acceptors (Lipinski definition) is 4. The van der Waals surface area contributed by atoms with Gasteiger partial charge in [-0.25, -0.2) is 26.7 Å². The second kappa shape index (κ2) is 6.43. The van der Waals surface area contributed by atoms with E-state index >= 15 is 0 Å². The largest absolute Gasteiger partial charge is 0.240 e. The molecule has 118 valence electrons. The van der Waals surface area contributed by atoms with Gasteiger partial charge in [-0.15, -0.1) is 0 Å². The molecule has 3 N–H and O–H groups in total. The van der Waals surface area contributed by atoms with Crippen molar-refractivity contribution in [3.8, 4) is 0 Å². The lowest BCUT2D eigenvalue weighted by Crippen LogP contribution is -2.30. The molecule has 0 amide bonds. The first-order valence-corrected chi connectivity index (χ1v) is 9.94. The summed E-state index contributed by atoms with van der Waals surface area (Å²) in [5, 5.41) is 5.02. The zero-order chi connectivity index (χ0) is 15.5. The van der Waals surface area contributed by atoms with Crippen molar-refractivity contribution in [1.29, 1.82) is 0 Å². The Kier molecular flexibility index (Phi) is 5.03. The molecule has 0 spiro atoms. The Morgan fingerprint density at radius 2 is 1.67 bits per heavy atom. The average Bonchev–Trinajstić information content (AvgIpc) is 2.46. The second-order valence-corrected chi connectivity index (χ2v) is 8.70. The number of primary sulfonamides is 1. The van der Waals surface area contributed by atoms with Crippen molar-refractivity contribution >= 4 is 20.0 Å². The van der Waals surface area contributed by atoms with Crippen LogP contribution in [0.4, 0.5) is 0 Å². The van der Waals surface area contributed by atoms with Gasteiger partial charge in [0.05, 0.1) is 9.79 Å². The number of nitrogens with two attached hydrogens (primary N) is 1. The number of nitrogens with one attached hydrogen (secondary N) is 1. The van der Waals surface area contributed by atoms with Crippen LogP contribution >= 0.6 is 0 Å². The third-order valence-electron chi connectivity index (χ3n) is 3.73. The molecule has 1 aliphatic rings. The van der Waals surface area contributed by atoms with E-state index in [9.17, 15) is 16.8 Å². The number of sulfonamides is 2. The van der Waals surface area contributed by atoms with Crippen molar-refractivity contribution < 1.29 is 16.8 Å². The van der Waals surface area contributed by atoms with Gasteiger partial charge in [-0.05, 0) is 37.0 Å². The highest BCUT2D eigenvalue weighted by Crippen LogP contribution is 2.23. The molecule has 0 heterocycles. The average molecular weight is 332 g/mol. The van der Waals surface area contributed by atoms with Crippen LogP contribution in [0.5, 0.6) is 0 Å². The molecule has 1 aromatic rings. The standard InChI is InChI=1S/C13H20N2O4S2/c14-20(16,17)12-7-4-8-13(9-12)21(18,19)15-10-11-5-2-1-3-6-11/h4,7-9,11,15H,1-3,5-6,10H2,(H2,14,16,17). The molecule has 1 aromatic carbocycles. The predicted octanol–water partition coefficient (Wildman–Crippen LogP) is 1.19. The van der Waals surface area contributed by atoms with Gasteiger partial charge in [0, 0.05) is 6.54 Å². The third-order valence-corrected chi connectivity index (χ3v) is 6.06. The van der Waals surface area contributed by atoms with Crippen LogP contribution in [0, 0.1) is 5.92 Å². The molecule has 0 aromatic heterocycles. The molecule has 1 aliphatic carbocycles. The molecule has 21 heavy (non-hydrogen) atoms. The maximum absolute atomic E-state index is 12.2. The minimum atomic E-state index is -3.91. The van der Waals surface area contributed by atoms with E-state index in [0.717, 1.165) is 31.7 Å². The van der Waals surface area contributed by atoms with E-state index in [1.54, 1.807) is 0 Å². The van der Waals surface area contributed by atoms with Crippen LogP contribution in [0.15, 0.2) is 34.1 Å². The van der Waals surface area contributed by atoms with Crippen molar-refractivity contribution in [3.05, 3.63) is 24.3 Å². The van der Waals surface area contributed by atoms with Crippen molar-refractivity contribution in [3.63, 3.8) is 0 Å². The minimum absolute atomic E-state index is 0.0789. The maximum atomic E-state index is 12.2. The summed E-state index contributed by atoms with van der Waals surface area (Å²) in [5.74, 6) is 0.356. The summed E-state index contributed by atoms with van der Waals surface area (Å²) < 4.78 is 49.5. The Balaban J connectivity index is 2.12. The van der Waals surface area contributed by atoms with E-state index in [-0.39, 0.29) is 9.79 Å². The summed E-state index contributed by atoms with van der Waals surface area (Å²) in [4.78, 5) is -0.284. The Labute approximate surface area is 125 Å². The summed E-state index contributed by atoms with van der Waals surface area (Å²) in [6.07, 6.45) is 5.53. The van der Waals surface area contributed by atoms with E-state index in [0.29, 0.717) is 12.5 Å². The van der Waals surface area contributed by atoms with Gasteiger partial charge >= 0.3 is 0 Å². The van der Waals surface area contributed by atoms with Crippen LogP contribution in [0.3, 0.4) is 0 Å². The van der Waals surface area contributed by atoms with Gasteiger partial charge in [0.15, 0.2) is 0 Å². The summed E-state index contributed by atoms with van der Waals surface area (Å²) >= 11 is 0. The maximum Gasteiger partial charge on any atom is 0.240 e. The first-order chi connectivity index (χ1) is 9.79. The quantitative estimate of drug-likeness (QED) is 0.844. The van der Waals surface area contributed by atoms with Crippen LogP contribution in [0.25, 0.3) is 0 Å². The fraction of sp³-hybridized carbons (Fsp3) is 0.538. The smallest absolute Gasteiger partial charge is 0.225 e. The summed E-state index contributed by atoms with van der Waals surface area (Å²) in [5.41, 5.74) is 0. The molecular formula is C13H20N2O4S2. The second-order valence-electron chi connectivity index (χ2n) is 5.38. The fourth-order valence-electron chi connectivity index (χ4n) is 2.52. The van der Waals surface area contributed by atoms with Crippen LogP contribution in [-0.4, -0.2) is 23.4 Å². The molecule has 0 aliphatic heterocycles. The summed E-state index contributed by atoms with van der Waals surface area (Å²) in [6, 6.07) is 5.08. The molecule has 0 unspecified atom stereocenters. The molecule has 0 radical (unpaired) electrons. The topological polar surface area (TPSA) is 106 Å². The lowest BCUT2D eigenvalue weighted by atomic mass is 9.90. The molecule has 2 rings (SSSR count). The van der Waals surface area contributed by atoms with E-state index in [2.05, 4.69) is 4.72 Å². The number of benzene rings is 1. The lowest BCUT2D eigenvalue weighted by Gasteiger charge is -2.21. The zero-order valence-corrected chi connectivity index (χ0v) is 13.3. The molecule has 0 atom stereocenters.